The fourth-order valence-corrected chi connectivity index (χ4v) is 3.48. The summed E-state index contributed by atoms with van der Waals surface area (Å²) in [4.78, 5) is 31.8. The number of carbonyl (C=O) groups excluding carboxylic acids is 2. The Kier molecular flexibility index (Phi) is 5.55. The molecule has 0 aliphatic rings. The predicted molar refractivity (Wildman–Crippen MR) is 102 cm³/mol. The summed E-state index contributed by atoms with van der Waals surface area (Å²) in [6.07, 6.45) is 0. The third kappa shape index (κ3) is 3.79. The van der Waals surface area contributed by atoms with Crippen molar-refractivity contribution in [2.24, 2.45) is 0 Å². The van der Waals surface area contributed by atoms with Crippen molar-refractivity contribution in [1.82, 2.24) is 9.97 Å². The van der Waals surface area contributed by atoms with Crippen LogP contribution in [0.2, 0.25) is 0 Å². The first-order valence-electron chi connectivity index (χ1n) is 8.40. The van der Waals surface area contributed by atoms with Gasteiger partial charge in [0.1, 0.15) is 5.69 Å². The highest BCUT2D eigenvalue weighted by Crippen LogP contribution is 2.27. The average Bonchev–Trinajstić information content (AvgIpc) is 3.22. The van der Waals surface area contributed by atoms with Crippen molar-refractivity contribution in [1.29, 1.82) is 0 Å². The molecular weight excluding hydrogens is 388 g/mol. The Morgan fingerprint density at radius 1 is 1.25 bits per heavy atom. The number of esters is 1. The van der Waals surface area contributed by atoms with Crippen LogP contribution in [0.25, 0.3) is 11.3 Å². The van der Waals surface area contributed by atoms with E-state index in [1.54, 1.807) is 26.2 Å². The minimum atomic E-state index is -0.972. The maximum Gasteiger partial charge on any atom is 0.340 e. The smallest absolute Gasteiger partial charge is 0.340 e. The first-order chi connectivity index (χ1) is 13.3. The highest BCUT2D eigenvalue weighted by Gasteiger charge is 2.23. The number of carbonyl (C=O) groups is 2. The molecule has 2 heterocycles. The topological polar surface area (TPSA) is 84.1 Å². The van der Waals surface area contributed by atoms with Crippen LogP contribution >= 0.6 is 11.3 Å². The number of benzene rings is 1. The van der Waals surface area contributed by atoms with Gasteiger partial charge in [-0.15, -0.1) is 11.3 Å². The molecule has 6 nitrogen and oxygen atoms in total. The van der Waals surface area contributed by atoms with E-state index in [0.29, 0.717) is 28.1 Å². The summed E-state index contributed by atoms with van der Waals surface area (Å²) in [6, 6.07) is 3.47. The second-order valence-electron chi connectivity index (χ2n) is 5.97. The van der Waals surface area contributed by atoms with Gasteiger partial charge in [0.15, 0.2) is 16.8 Å². The Morgan fingerprint density at radius 3 is 2.68 bits per heavy atom. The van der Waals surface area contributed by atoms with Gasteiger partial charge in [0, 0.05) is 16.6 Å². The van der Waals surface area contributed by atoms with Gasteiger partial charge in [-0.3, -0.25) is 10.1 Å². The Bertz CT molecular complexity index is 1060. The first-order valence-corrected chi connectivity index (χ1v) is 9.28. The number of anilines is 1. The first kappa shape index (κ1) is 19.7. The zero-order chi connectivity index (χ0) is 20.4. The molecule has 1 amide bonds. The molecule has 0 radical (unpaired) electrons. The molecule has 0 aliphatic carbocycles. The van der Waals surface area contributed by atoms with Crippen molar-refractivity contribution in [3.05, 3.63) is 57.7 Å². The number of nitrogens with zero attached hydrogens (tertiary/aromatic N) is 1. The van der Waals surface area contributed by atoms with Crippen LogP contribution in [-0.4, -0.2) is 28.5 Å². The van der Waals surface area contributed by atoms with Crippen LogP contribution in [-0.2, 0) is 4.74 Å². The van der Waals surface area contributed by atoms with Crippen LogP contribution in [0.1, 0.15) is 39.0 Å². The number of hydrogen-bond donors (Lipinski definition) is 2. The average molecular weight is 405 g/mol. The molecule has 2 N–H and O–H groups in total. The van der Waals surface area contributed by atoms with E-state index >= 15 is 0 Å². The molecule has 3 aromatic rings. The van der Waals surface area contributed by atoms with Gasteiger partial charge in [-0.05, 0) is 44.5 Å². The number of ether oxygens (including phenoxy) is 1. The number of aromatic amines is 1. The summed E-state index contributed by atoms with van der Waals surface area (Å²) in [5, 5.41) is 4.55. The molecule has 3 rings (SSSR count). The Labute approximate surface area is 163 Å². The molecule has 2 aromatic heterocycles. The van der Waals surface area contributed by atoms with Crippen molar-refractivity contribution < 1.29 is 23.1 Å². The number of halogens is 2. The Morgan fingerprint density at radius 2 is 2.00 bits per heavy atom. The van der Waals surface area contributed by atoms with E-state index in [-0.39, 0.29) is 17.4 Å². The van der Waals surface area contributed by atoms with Crippen molar-refractivity contribution >= 4 is 28.3 Å². The van der Waals surface area contributed by atoms with Gasteiger partial charge in [0.25, 0.3) is 5.91 Å². The van der Waals surface area contributed by atoms with Crippen LogP contribution in [0.15, 0.2) is 23.6 Å². The molecule has 0 saturated heterocycles. The van der Waals surface area contributed by atoms with E-state index in [0.717, 1.165) is 23.5 Å². The van der Waals surface area contributed by atoms with Crippen molar-refractivity contribution in [2.45, 2.75) is 20.8 Å². The number of rotatable bonds is 5. The minimum absolute atomic E-state index is 0.227. The second-order valence-corrected chi connectivity index (χ2v) is 6.82. The normalized spacial score (nSPS) is 10.8. The number of H-pyrrole nitrogens is 1. The highest BCUT2D eigenvalue weighted by molar-refractivity contribution is 7.14. The van der Waals surface area contributed by atoms with E-state index in [1.807, 2.05) is 0 Å². The summed E-state index contributed by atoms with van der Waals surface area (Å²) in [7, 11) is 0. The monoisotopic (exact) mass is 405 g/mol. The summed E-state index contributed by atoms with van der Waals surface area (Å²) in [6.45, 7) is 5.27. The Balaban J connectivity index is 1.81. The molecule has 1 aromatic carbocycles. The van der Waals surface area contributed by atoms with Crippen LogP contribution in [0.5, 0.6) is 0 Å². The van der Waals surface area contributed by atoms with Gasteiger partial charge in [-0.25, -0.2) is 18.6 Å². The fraction of sp³-hybridized carbons (Fsp3) is 0.211. The molecule has 0 bridgehead atoms. The molecule has 28 heavy (non-hydrogen) atoms. The van der Waals surface area contributed by atoms with E-state index in [1.165, 1.54) is 6.07 Å². The lowest BCUT2D eigenvalue weighted by molar-refractivity contribution is 0.0525. The maximum absolute atomic E-state index is 13.4. The molecule has 9 heteroatoms. The molecule has 0 aliphatic heterocycles. The molecule has 0 spiro atoms. The quantitative estimate of drug-likeness (QED) is 0.614. The highest BCUT2D eigenvalue weighted by atomic mass is 32.1. The van der Waals surface area contributed by atoms with Crippen molar-refractivity contribution in [3.63, 3.8) is 0 Å². The number of aryl methyl sites for hydroxylation is 1. The summed E-state index contributed by atoms with van der Waals surface area (Å²) >= 11 is 1.14. The molecule has 0 fully saturated rings. The summed E-state index contributed by atoms with van der Waals surface area (Å²) in [5.74, 6) is -2.88. The second kappa shape index (κ2) is 7.89. The van der Waals surface area contributed by atoms with E-state index in [2.05, 4.69) is 15.3 Å². The van der Waals surface area contributed by atoms with E-state index < -0.39 is 23.5 Å². The number of nitrogens with one attached hydrogen (secondary N) is 2. The molecular formula is C19H17F2N3O3S. The predicted octanol–water partition coefficient (Wildman–Crippen LogP) is 4.46. The molecule has 0 atom stereocenters. The standard InChI is InChI=1S/C19H17F2N3O3S/c1-4-27-18(26)15-9(2)16(22-10(15)3)17(25)24-19-23-14(8-28-19)11-5-6-12(20)13(21)7-11/h5-8,22H,4H2,1-3H3,(H,23,24,25). The van der Waals surface area contributed by atoms with Crippen LogP contribution in [0.3, 0.4) is 0 Å². The van der Waals surface area contributed by atoms with Crippen LogP contribution < -0.4 is 5.32 Å². The SMILES string of the molecule is CCOC(=O)c1c(C)[nH]c(C(=O)Nc2nc(-c3ccc(F)c(F)c3)cs2)c1C. The minimum Gasteiger partial charge on any atom is -0.462 e. The number of thiazole rings is 1. The number of hydrogen-bond acceptors (Lipinski definition) is 5. The van der Waals surface area contributed by atoms with Gasteiger partial charge in [0.2, 0.25) is 0 Å². The van der Waals surface area contributed by atoms with Gasteiger partial charge in [0.05, 0.1) is 17.9 Å². The van der Waals surface area contributed by atoms with Gasteiger partial charge >= 0.3 is 5.97 Å². The largest absolute Gasteiger partial charge is 0.462 e. The van der Waals surface area contributed by atoms with E-state index in [9.17, 15) is 18.4 Å². The third-order valence-electron chi connectivity index (χ3n) is 4.08. The van der Waals surface area contributed by atoms with Crippen LogP contribution in [0.4, 0.5) is 13.9 Å². The van der Waals surface area contributed by atoms with Crippen molar-refractivity contribution in [3.8, 4) is 11.3 Å². The van der Waals surface area contributed by atoms with E-state index in [4.69, 9.17) is 4.74 Å². The third-order valence-corrected chi connectivity index (χ3v) is 4.84. The molecule has 0 unspecified atom stereocenters. The van der Waals surface area contributed by atoms with Gasteiger partial charge in [-0.2, -0.15) is 0 Å². The number of amides is 1. The van der Waals surface area contributed by atoms with Crippen molar-refractivity contribution in [2.75, 3.05) is 11.9 Å². The lowest BCUT2D eigenvalue weighted by Gasteiger charge is -2.03. The maximum atomic E-state index is 13.4. The molecule has 146 valence electrons. The summed E-state index contributed by atoms with van der Waals surface area (Å²) in [5.41, 5.74) is 2.37. The van der Waals surface area contributed by atoms with Crippen LogP contribution in [0, 0.1) is 25.5 Å². The summed E-state index contributed by atoms with van der Waals surface area (Å²) < 4.78 is 31.5. The Hall–Kier alpha value is -3.07. The zero-order valence-electron chi connectivity index (χ0n) is 15.4. The number of aromatic nitrogens is 2. The van der Waals surface area contributed by atoms with Gasteiger partial charge in [-0.1, -0.05) is 0 Å². The van der Waals surface area contributed by atoms with Gasteiger partial charge < -0.3 is 9.72 Å². The fourth-order valence-electron chi connectivity index (χ4n) is 2.77. The zero-order valence-corrected chi connectivity index (χ0v) is 16.2. The molecule has 0 saturated carbocycles. The lowest BCUT2D eigenvalue weighted by atomic mass is 10.1. The lowest BCUT2D eigenvalue weighted by Crippen LogP contribution is -2.14.